The van der Waals surface area contributed by atoms with E-state index in [9.17, 15) is 4.39 Å². The smallest absolute Gasteiger partial charge is 0.123 e. The van der Waals surface area contributed by atoms with E-state index in [1.165, 1.54) is 37.8 Å². The predicted molar refractivity (Wildman–Crippen MR) is 75.5 cm³/mol. The van der Waals surface area contributed by atoms with Gasteiger partial charge in [-0.05, 0) is 37.0 Å². The number of hydrogen-bond acceptors (Lipinski definition) is 2. The Balaban J connectivity index is 2.07. The molecule has 3 heteroatoms. The van der Waals surface area contributed by atoms with Gasteiger partial charge in [0.25, 0.3) is 0 Å². The van der Waals surface area contributed by atoms with E-state index >= 15 is 0 Å². The highest BCUT2D eigenvalue weighted by Crippen LogP contribution is 2.33. The number of hydrogen-bond donors (Lipinski definition) is 1. The zero-order valence-electron chi connectivity index (χ0n) is 11.7. The highest BCUT2D eigenvalue weighted by molar-refractivity contribution is 5.18. The molecule has 1 aliphatic carbocycles. The molecule has 0 saturated heterocycles. The van der Waals surface area contributed by atoms with Crippen molar-refractivity contribution in [3.8, 4) is 0 Å². The van der Waals surface area contributed by atoms with Crippen molar-refractivity contribution in [3.05, 3.63) is 35.6 Å². The molecule has 1 unspecified atom stereocenters. The fourth-order valence-corrected chi connectivity index (χ4v) is 3.11. The summed E-state index contributed by atoms with van der Waals surface area (Å²) in [4.78, 5) is 0. The first-order valence-corrected chi connectivity index (χ1v) is 7.21. The molecule has 1 aliphatic rings. The van der Waals surface area contributed by atoms with Crippen molar-refractivity contribution in [2.24, 2.45) is 5.73 Å². The number of methoxy groups -OCH3 is 1. The Kier molecular flexibility index (Phi) is 4.94. The molecule has 0 bridgehead atoms. The number of halogens is 1. The fourth-order valence-electron chi connectivity index (χ4n) is 3.11. The normalized spacial score (nSPS) is 20.8. The minimum Gasteiger partial charge on any atom is -0.377 e. The highest BCUT2D eigenvalue weighted by atomic mass is 19.1. The summed E-state index contributed by atoms with van der Waals surface area (Å²) in [5, 5.41) is 0. The average Bonchev–Trinajstić information content (AvgIpc) is 2.67. The van der Waals surface area contributed by atoms with Gasteiger partial charge in [-0.25, -0.2) is 4.39 Å². The Labute approximate surface area is 115 Å². The Morgan fingerprint density at radius 2 is 1.74 bits per heavy atom. The van der Waals surface area contributed by atoms with Crippen LogP contribution in [-0.4, -0.2) is 18.8 Å². The fraction of sp³-hybridized carbons (Fsp3) is 0.625. The summed E-state index contributed by atoms with van der Waals surface area (Å²) in [6.07, 6.45) is 7.73. The monoisotopic (exact) mass is 265 g/mol. The summed E-state index contributed by atoms with van der Waals surface area (Å²) < 4.78 is 18.7. The summed E-state index contributed by atoms with van der Waals surface area (Å²) in [5.41, 5.74) is 7.29. The van der Waals surface area contributed by atoms with E-state index in [-0.39, 0.29) is 17.5 Å². The van der Waals surface area contributed by atoms with Gasteiger partial charge in [0.2, 0.25) is 0 Å². The lowest BCUT2D eigenvalue weighted by molar-refractivity contribution is -0.0430. The van der Waals surface area contributed by atoms with Gasteiger partial charge in [0.1, 0.15) is 5.82 Å². The molecule has 19 heavy (non-hydrogen) atoms. The van der Waals surface area contributed by atoms with Gasteiger partial charge in [0.05, 0.1) is 5.60 Å². The van der Waals surface area contributed by atoms with Gasteiger partial charge in [0, 0.05) is 13.2 Å². The van der Waals surface area contributed by atoms with E-state index in [0.717, 1.165) is 24.8 Å². The Hall–Kier alpha value is -0.930. The molecule has 2 N–H and O–H groups in total. The van der Waals surface area contributed by atoms with Crippen molar-refractivity contribution >= 4 is 0 Å². The van der Waals surface area contributed by atoms with E-state index in [0.29, 0.717) is 0 Å². The first-order chi connectivity index (χ1) is 9.16. The van der Waals surface area contributed by atoms with Crippen LogP contribution in [0.5, 0.6) is 0 Å². The predicted octanol–water partition coefficient (Wildman–Crippen LogP) is 3.43. The van der Waals surface area contributed by atoms with Crippen molar-refractivity contribution in [1.82, 2.24) is 0 Å². The van der Waals surface area contributed by atoms with Gasteiger partial charge in [-0.2, -0.15) is 0 Å². The third-order valence-electron chi connectivity index (χ3n) is 4.40. The molecule has 2 nitrogen and oxygen atoms in total. The van der Waals surface area contributed by atoms with Crippen LogP contribution in [0.15, 0.2) is 24.3 Å². The number of benzene rings is 1. The van der Waals surface area contributed by atoms with Crippen molar-refractivity contribution in [2.45, 2.75) is 56.6 Å². The maximum absolute atomic E-state index is 12.9. The molecule has 0 radical (unpaired) electrons. The minimum absolute atomic E-state index is 0.0268. The van der Waals surface area contributed by atoms with Crippen LogP contribution < -0.4 is 5.73 Å². The van der Waals surface area contributed by atoms with Gasteiger partial charge >= 0.3 is 0 Å². The van der Waals surface area contributed by atoms with Gasteiger partial charge in [0.15, 0.2) is 0 Å². The molecule has 2 rings (SSSR count). The van der Waals surface area contributed by atoms with Crippen LogP contribution in [0, 0.1) is 5.82 Å². The highest BCUT2D eigenvalue weighted by Gasteiger charge is 2.36. The number of ether oxygens (including phenoxy) is 1. The molecule has 1 atom stereocenters. The Bertz CT molecular complexity index is 382. The van der Waals surface area contributed by atoms with E-state index in [4.69, 9.17) is 10.5 Å². The molecule has 1 saturated carbocycles. The van der Waals surface area contributed by atoms with Crippen LogP contribution in [0.3, 0.4) is 0 Å². The SMILES string of the molecule is COC1(C(N)Cc2ccc(F)cc2)CCCCCC1. The number of nitrogens with two attached hydrogens (primary N) is 1. The van der Waals surface area contributed by atoms with Crippen LogP contribution in [0.4, 0.5) is 4.39 Å². The van der Waals surface area contributed by atoms with Crippen LogP contribution in [-0.2, 0) is 11.2 Å². The van der Waals surface area contributed by atoms with E-state index < -0.39 is 0 Å². The Morgan fingerprint density at radius 3 is 2.26 bits per heavy atom. The summed E-state index contributed by atoms with van der Waals surface area (Å²) in [6.45, 7) is 0. The second kappa shape index (κ2) is 6.49. The van der Waals surface area contributed by atoms with Crippen LogP contribution in [0.1, 0.15) is 44.1 Å². The second-order valence-electron chi connectivity index (χ2n) is 5.62. The summed E-state index contributed by atoms with van der Waals surface area (Å²) in [7, 11) is 1.77. The molecule has 1 aromatic carbocycles. The molecule has 0 aliphatic heterocycles. The van der Waals surface area contributed by atoms with E-state index in [1.54, 1.807) is 7.11 Å². The van der Waals surface area contributed by atoms with E-state index in [2.05, 4.69) is 0 Å². The van der Waals surface area contributed by atoms with Crippen LogP contribution in [0.25, 0.3) is 0 Å². The molecule has 0 heterocycles. The summed E-state index contributed by atoms with van der Waals surface area (Å²) in [6, 6.07) is 6.59. The molecule has 106 valence electrons. The lowest BCUT2D eigenvalue weighted by atomic mass is 9.83. The quantitative estimate of drug-likeness (QED) is 0.846. The standard InChI is InChI=1S/C16H24FNO/c1-19-16(10-4-2-3-5-11-16)15(18)12-13-6-8-14(17)9-7-13/h6-9,15H,2-5,10-12,18H2,1H3. The zero-order chi connectivity index (χ0) is 13.7. The first kappa shape index (κ1) is 14.5. The third-order valence-corrected chi connectivity index (χ3v) is 4.40. The maximum Gasteiger partial charge on any atom is 0.123 e. The van der Waals surface area contributed by atoms with Crippen molar-refractivity contribution in [1.29, 1.82) is 0 Å². The topological polar surface area (TPSA) is 35.2 Å². The van der Waals surface area contributed by atoms with Crippen molar-refractivity contribution in [2.75, 3.05) is 7.11 Å². The lowest BCUT2D eigenvalue weighted by Crippen LogP contribution is -2.50. The molecule has 1 aromatic rings. The largest absolute Gasteiger partial charge is 0.377 e. The van der Waals surface area contributed by atoms with Gasteiger partial charge < -0.3 is 10.5 Å². The van der Waals surface area contributed by atoms with Gasteiger partial charge in [-0.15, -0.1) is 0 Å². The molecular formula is C16H24FNO. The molecule has 0 aromatic heterocycles. The van der Waals surface area contributed by atoms with E-state index in [1.807, 2.05) is 12.1 Å². The first-order valence-electron chi connectivity index (χ1n) is 7.21. The second-order valence-corrected chi connectivity index (χ2v) is 5.62. The zero-order valence-corrected chi connectivity index (χ0v) is 11.7. The lowest BCUT2D eigenvalue weighted by Gasteiger charge is -2.37. The van der Waals surface area contributed by atoms with Crippen molar-refractivity contribution in [3.63, 3.8) is 0 Å². The maximum atomic E-state index is 12.9. The average molecular weight is 265 g/mol. The molecular weight excluding hydrogens is 241 g/mol. The van der Waals surface area contributed by atoms with Gasteiger partial charge in [-0.1, -0.05) is 37.8 Å². The number of rotatable bonds is 4. The molecule has 0 spiro atoms. The third kappa shape index (κ3) is 3.54. The van der Waals surface area contributed by atoms with Gasteiger partial charge in [-0.3, -0.25) is 0 Å². The summed E-state index contributed by atoms with van der Waals surface area (Å²) in [5.74, 6) is -0.201. The van der Waals surface area contributed by atoms with Crippen molar-refractivity contribution < 1.29 is 9.13 Å². The molecule has 1 fully saturated rings. The van der Waals surface area contributed by atoms with Crippen LogP contribution >= 0.6 is 0 Å². The summed E-state index contributed by atoms with van der Waals surface area (Å²) >= 11 is 0. The molecule has 0 amide bonds. The van der Waals surface area contributed by atoms with Crippen LogP contribution in [0.2, 0.25) is 0 Å². The minimum atomic E-state index is -0.203. The Morgan fingerprint density at radius 1 is 1.16 bits per heavy atom.